The second-order valence-corrected chi connectivity index (χ2v) is 10.5. The molecule has 0 aromatic heterocycles. The minimum Gasteiger partial charge on any atom is -0.497 e. The van der Waals surface area contributed by atoms with Crippen LogP contribution in [0.25, 0.3) is 6.08 Å². The first-order valence-electron chi connectivity index (χ1n) is 13.1. The lowest BCUT2D eigenvalue weighted by Gasteiger charge is -2.59. The normalized spacial score (nSPS) is 25.4. The Morgan fingerprint density at radius 1 is 1.18 bits per heavy atom. The number of amides is 1. The fourth-order valence-corrected chi connectivity index (χ4v) is 6.14. The summed E-state index contributed by atoms with van der Waals surface area (Å²) in [5.41, 5.74) is 0.251. The molecule has 1 N–H and O–H groups in total. The number of nitrogens with zero attached hydrogens (tertiary/aromatic N) is 2. The quantitative estimate of drug-likeness (QED) is 0.244. The molecule has 0 bridgehead atoms. The highest BCUT2D eigenvalue weighted by Crippen LogP contribution is 2.52. The molecule has 2 fully saturated rings. The van der Waals surface area contributed by atoms with E-state index in [1.165, 1.54) is 6.92 Å². The maximum atomic E-state index is 13.2. The number of benzene rings is 2. The molecule has 1 saturated carbocycles. The predicted molar refractivity (Wildman–Crippen MR) is 148 cm³/mol. The van der Waals surface area contributed by atoms with E-state index in [4.69, 9.17) is 9.47 Å². The zero-order valence-electron chi connectivity index (χ0n) is 22.6. The molecular weight excluding hydrogens is 480 g/mol. The van der Waals surface area contributed by atoms with Crippen LogP contribution >= 0.6 is 0 Å². The number of β-amino-alcohol motifs (C(OH)–C–C–N with tert-alkyl or cyclic N) is 1. The van der Waals surface area contributed by atoms with E-state index in [9.17, 15) is 14.7 Å². The molecule has 2 aromatic carbocycles. The van der Waals surface area contributed by atoms with Crippen LogP contribution in [0.5, 0.6) is 11.5 Å². The van der Waals surface area contributed by atoms with Gasteiger partial charge in [0.25, 0.3) is 0 Å². The average molecular weight is 519 g/mol. The Hall–Kier alpha value is -3.42. The van der Waals surface area contributed by atoms with Crippen molar-refractivity contribution in [3.63, 3.8) is 0 Å². The Kier molecular flexibility index (Phi) is 8.38. The highest BCUT2D eigenvalue weighted by molar-refractivity contribution is 5.91. The molecule has 4 rings (SSSR count). The lowest BCUT2D eigenvalue weighted by Crippen LogP contribution is -2.67. The van der Waals surface area contributed by atoms with Crippen LogP contribution in [-0.4, -0.2) is 72.2 Å². The van der Waals surface area contributed by atoms with E-state index >= 15 is 0 Å². The molecule has 1 aliphatic heterocycles. The van der Waals surface area contributed by atoms with Gasteiger partial charge in [0.2, 0.25) is 5.91 Å². The second-order valence-electron chi connectivity index (χ2n) is 10.5. The summed E-state index contributed by atoms with van der Waals surface area (Å²) in [6.45, 7) is 7.28. The van der Waals surface area contributed by atoms with Crippen LogP contribution in [0.1, 0.15) is 43.7 Å². The molecule has 38 heavy (non-hydrogen) atoms. The standard InChI is InChI=1S/C31H38N2O5/c1-5-17-33-18-16-30(25-9-7-11-28(20-25)38-23(2)34)21-26(14-15-31(30,36)22-33)32(3)29(35)13-12-24-8-6-10-27(19-24)37-4/h5-13,19-20,26,36H,1,14-18,21-22H2,2-4H3/b13-12+. The second kappa shape index (κ2) is 11.5. The summed E-state index contributed by atoms with van der Waals surface area (Å²) >= 11 is 0. The fourth-order valence-electron chi connectivity index (χ4n) is 6.14. The number of carbonyl (C=O) groups excluding carboxylic acids is 2. The van der Waals surface area contributed by atoms with Gasteiger partial charge in [0.05, 0.1) is 12.7 Å². The maximum Gasteiger partial charge on any atom is 0.308 e. The number of piperidine rings is 1. The summed E-state index contributed by atoms with van der Waals surface area (Å²) < 4.78 is 10.7. The molecule has 7 nitrogen and oxygen atoms in total. The van der Waals surface area contributed by atoms with Crippen LogP contribution in [0.4, 0.5) is 0 Å². The Morgan fingerprint density at radius 2 is 1.95 bits per heavy atom. The topological polar surface area (TPSA) is 79.3 Å². The third-order valence-corrected chi connectivity index (χ3v) is 8.15. The third kappa shape index (κ3) is 5.69. The average Bonchev–Trinajstić information content (AvgIpc) is 2.91. The van der Waals surface area contributed by atoms with Gasteiger partial charge in [-0.2, -0.15) is 0 Å². The number of ether oxygens (including phenoxy) is 2. The number of likely N-dealkylation sites (tertiary alicyclic amines) is 1. The number of rotatable bonds is 8. The van der Waals surface area contributed by atoms with E-state index in [-0.39, 0.29) is 17.9 Å². The Bertz CT molecular complexity index is 1210. The first-order chi connectivity index (χ1) is 18.2. The van der Waals surface area contributed by atoms with Gasteiger partial charge < -0.3 is 19.5 Å². The van der Waals surface area contributed by atoms with Crippen LogP contribution in [0.2, 0.25) is 0 Å². The van der Waals surface area contributed by atoms with Gasteiger partial charge in [0.1, 0.15) is 11.5 Å². The van der Waals surface area contributed by atoms with Gasteiger partial charge in [0, 0.05) is 44.6 Å². The molecule has 3 atom stereocenters. The highest BCUT2D eigenvalue weighted by Gasteiger charge is 2.58. The minimum atomic E-state index is -0.986. The van der Waals surface area contributed by atoms with E-state index in [2.05, 4.69) is 11.5 Å². The highest BCUT2D eigenvalue weighted by atomic mass is 16.5. The van der Waals surface area contributed by atoms with Crippen molar-refractivity contribution in [2.75, 3.05) is 33.8 Å². The first-order valence-corrected chi connectivity index (χ1v) is 13.1. The third-order valence-electron chi connectivity index (χ3n) is 8.15. The molecular formula is C31H38N2O5. The molecule has 1 aliphatic carbocycles. The van der Waals surface area contributed by atoms with E-state index in [1.807, 2.05) is 55.6 Å². The van der Waals surface area contributed by atoms with Crippen molar-refractivity contribution in [3.8, 4) is 11.5 Å². The molecule has 1 amide bonds. The van der Waals surface area contributed by atoms with Crippen molar-refractivity contribution >= 4 is 18.0 Å². The molecule has 2 aromatic rings. The molecule has 1 heterocycles. The molecule has 0 spiro atoms. The van der Waals surface area contributed by atoms with Gasteiger partial charge in [-0.1, -0.05) is 30.3 Å². The number of esters is 1. The maximum absolute atomic E-state index is 13.2. The summed E-state index contributed by atoms with van der Waals surface area (Å²) in [7, 11) is 3.45. The number of methoxy groups -OCH3 is 1. The number of aliphatic hydroxyl groups is 1. The Balaban J connectivity index is 1.61. The summed E-state index contributed by atoms with van der Waals surface area (Å²) in [4.78, 5) is 28.9. The van der Waals surface area contributed by atoms with Crippen LogP contribution in [0, 0.1) is 0 Å². The van der Waals surface area contributed by atoms with E-state index in [1.54, 1.807) is 30.2 Å². The minimum absolute atomic E-state index is 0.0546. The number of hydrogen-bond donors (Lipinski definition) is 1. The van der Waals surface area contributed by atoms with Gasteiger partial charge in [-0.3, -0.25) is 14.5 Å². The number of carbonyl (C=O) groups is 2. The van der Waals surface area contributed by atoms with Crippen molar-refractivity contribution in [1.82, 2.24) is 9.80 Å². The van der Waals surface area contributed by atoms with Gasteiger partial charge in [-0.15, -0.1) is 6.58 Å². The van der Waals surface area contributed by atoms with Crippen molar-refractivity contribution in [2.24, 2.45) is 0 Å². The number of fused-ring (bicyclic) bond motifs is 1. The molecule has 1 saturated heterocycles. The monoisotopic (exact) mass is 518 g/mol. The largest absolute Gasteiger partial charge is 0.497 e. The van der Waals surface area contributed by atoms with Crippen molar-refractivity contribution < 1.29 is 24.2 Å². The lowest BCUT2D eigenvalue weighted by molar-refractivity contribution is -0.143. The zero-order chi connectivity index (χ0) is 27.3. The SMILES string of the molecule is C=CCN1CCC2(c3cccc(OC(C)=O)c3)CC(N(C)C(=O)/C=C/c3cccc(OC)c3)CCC2(O)C1. The van der Waals surface area contributed by atoms with Gasteiger partial charge in [-0.25, -0.2) is 0 Å². The molecule has 7 heteroatoms. The zero-order valence-corrected chi connectivity index (χ0v) is 22.6. The van der Waals surface area contributed by atoms with Crippen LogP contribution in [0.3, 0.4) is 0 Å². The first kappa shape index (κ1) is 27.6. The molecule has 2 aliphatic rings. The van der Waals surface area contributed by atoms with Crippen molar-refractivity contribution in [3.05, 3.63) is 78.4 Å². The lowest BCUT2D eigenvalue weighted by atomic mass is 9.55. The van der Waals surface area contributed by atoms with E-state index in [0.29, 0.717) is 38.1 Å². The summed E-state index contributed by atoms with van der Waals surface area (Å²) in [6.07, 6.45) is 7.84. The Labute approximate surface area is 225 Å². The van der Waals surface area contributed by atoms with Gasteiger partial charge in [0.15, 0.2) is 0 Å². The van der Waals surface area contributed by atoms with Crippen molar-refractivity contribution in [1.29, 1.82) is 0 Å². The smallest absolute Gasteiger partial charge is 0.308 e. The van der Waals surface area contributed by atoms with Crippen molar-refractivity contribution in [2.45, 2.75) is 49.7 Å². The predicted octanol–water partition coefficient (Wildman–Crippen LogP) is 4.21. The van der Waals surface area contributed by atoms with Gasteiger partial charge in [-0.05, 0) is 73.7 Å². The number of likely N-dealkylation sites (N-methyl/N-ethyl adjacent to an activating group) is 1. The fraction of sp³-hybridized carbons (Fsp3) is 0.419. The molecule has 3 unspecified atom stereocenters. The summed E-state index contributed by atoms with van der Waals surface area (Å²) in [6, 6.07) is 15.0. The molecule has 0 radical (unpaired) electrons. The Morgan fingerprint density at radius 3 is 2.68 bits per heavy atom. The van der Waals surface area contributed by atoms with Crippen LogP contribution < -0.4 is 9.47 Å². The summed E-state index contributed by atoms with van der Waals surface area (Å²) in [5.74, 6) is 0.731. The van der Waals surface area contributed by atoms with Crippen LogP contribution in [0.15, 0.2) is 67.3 Å². The van der Waals surface area contributed by atoms with E-state index in [0.717, 1.165) is 29.8 Å². The van der Waals surface area contributed by atoms with E-state index < -0.39 is 11.0 Å². The number of hydrogen-bond acceptors (Lipinski definition) is 6. The summed E-state index contributed by atoms with van der Waals surface area (Å²) in [5, 5.41) is 12.2. The molecule has 202 valence electrons. The van der Waals surface area contributed by atoms with Gasteiger partial charge >= 0.3 is 5.97 Å². The van der Waals surface area contributed by atoms with Crippen LogP contribution in [-0.2, 0) is 15.0 Å².